The van der Waals surface area contributed by atoms with Gasteiger partial charge in [0.1, 0.15) is 11.9 Å². The number of hydrogen-bond acceptors (Lipinski definition) is 7. The summed E-state index contributed by atoms with van der Waals surface area (Å²) in [5, 5.41) is 21.0. The molecule has 2 atom stereocenters. The van der Waals surface area contributed by atoms with Crippen LogP contribution in [0.1, 0.15) is 36.8 Å². The molecule has 2 N–H and O–H groups in total. The van der Waals surface area contributed by atoms with Crippen LogP contribution >= 0.6 is 0 Å². The smallest absolute Gasteiger partial charge is 0.232 e. The molecule has 128 valence electrons. The van der Waals surface area contributed by atoms with Crippen LogP contribution in [0.15, 0.2) is 30.9 Å². The first kappa shape index (κ1) is 14.8. The fraction of sp³-hybridized carbons (Fsp3) is 0.294. The van der Waals surface area contributed by atoms with Crippen LogP contribution in [0.4, 0.5) is 5.69 Å². The monoisotopic (exact) mass is 345 g/mol. The number of aromatic nitrogens is 7. The Balaban J connectivity index is 1.39. The molecule has 0 aliphatic heterocycles. The van der Waals surface area contributed by atoms with E-state index in [4.69, 9.17) is 5.26 Å². The Morgan fingerprint density at radius 1 is 1.15 bits per heavy atom. The largest absolute Gasteiger partial charge is 0.380 e. The summed E-state index contributed by atoms with van der Waals surface area (Å²) >= 11 is 0. The Morgan fingerprint density at radius 2 is 2.04 bits per heavy atom. The predicted octanol–water partition coefficient (Wildman–Crippen LogP) is 2.02. The molecule has 1 fully saturated rings. The summed E-state index contributed by atoms with van der Waals surface area (Å²) in [6, 6.07) is 4.24. The lowest BCUT2D eigenvalue weighted by Crippen LogP contribution is -2.16. The lowest BCUT2D eigenvalue weighted by molar-refractivity contribution is 0.651. The molecule has 9 heteroatoms. The van der Waals surface area contributed by atoms with Gasteiger partial charge in [-0.25, -0.2) is 15.0 Å². The van der Waals surface area contributed by atoms with Crippen LogP contribution in [-0.4, -0.2) is 40.6 Å². The number of nitriles is 1. The second-order valence-corrected chi connectivity index (χ2v) is 6.48. The first-order valence-corrected chi connectivity index (χ1v) is 8.47. The van der Waals surface area contributed by atoms with Crippen molar-refractivity contribution in [2.45, 2.75) is 31.2 Å². The van der Waals surface area contributed by atoms with Gasteiger partial charge in [-0.05, 0) is 25.3 Å². The van der Waals surface area contributed by atoms with E-state index in [1.54, 1.807) is 18.6 Å². The van der Waals surface area contributed by atoms with Gasteiger partial charge in [0.2, 0.25) is 5.82 Å². The molecule has 1 aliphatic rings. The van der Waals surface area contributed by atoms with E-state index < -0.39 is 0 Å². The molecule has 0 spiro atoms. The number of aromatic amines is 1. The van der Waals surface area contributed by atoms with Crippen molar-refractivity contribution < 1.29 is 0 Å². The minimum absolute atomic E-state index is 0.180. The van der Waals surface area contributed by atoms with Gasteiger partial charge in [-0.3, -0.25) is 4.40 Å². The first-order valence-electron chi connectivity index (χ1n) is 8.47. The highest BCUT2D eigenvalue weighted by Gasteiger charge is 2.30. The lowest BCUT2D eigenvalue weighted by atomic mass is 10.1. The molecule has 4 heterocycles. The maximum Gasteiger partial charge on any atom is 0.232 e. The third-order valence-electron chi connectivity index (χ3n) is 4.89. The molecule has 0 unspecified atom stereocenters. The van der Waals surface area contributed by atoms with Crippen molar-refractivity contribution in [1.82, 2.24) is 34.5 Å². The van der Waals surface area contributed by atoms with Gasteiger partial charge in [0.05, 0.1) is 29.8 Å². The molecule has 0 aromatic carbocycles. The Hall–Kier alpha value is -3.54. The summed E-state index contributed by atoms with van der Waals surface area (Å²) in [5.74, 6) is 1.48. The van der Waals surface area contributed by atoms with E-state index in [0.717, 1.165) is 47.6 Å². The van der Waals surface area contributed by atoms with Crippen molar-refractivity contribution in [1.29, 1.82) is 5.26 Å². The second kappa shape index (κ2) is 5.77. The highest BCUT2D eigenvalue weighted by molar-refractivity contribution is 5.74. The minimum Gasteiger partial charge on any atom is -0.380 e. The van der Waals surface area contributed by atoms with Gasteiger partial charge in [-0.2, -0.15) is 5.26 Å². The van der Waals surface area contributed by atoms with Gasteiger partial charge >= 0.3 is 0 Å². The summed E-state index contributed by atoms with van der Waals surface area (Å²) in [5.41, 5.74) is 3.43. The van der Waals surface area contributed by atoms with Crippen LogP contribution < -0.4 is 5.32 Å². The summed E-state index contributed by atoms with van der Waals surface area (Å²) < 4.78 is 2.09. The molecule has 5 rings (SSSR count). The third-order valence-corrected chi connectivity index (χ3v) is 4.89. The number of nitrogens with zero attached hydrogens (tertiary/aromatic N) is 7. The van der Waals surface area contributed by atoms with Crippen LogP contribution in [0.25, 0.3) is 16.8 Å². The van der Waals surface area contributed by atoms with Crippen LogP contribution in [0.3, 0.4) is 0 Å². The number of anilines is 1. The maximum absolute atomic E-state index is 8.78. The molecule has 0 amide bonds. The molecular formula is C17H15N9. The Kier molecular flexibility index (Phi) is 3.28. The molecule has 9 nitrogen and oxygen atoms in total. The number of rotatable bonds is 3. The maximum atomic E-state index is 8.78. The van der Waals surface area contributed by atoms with Crippen LogP contribution in [0.5, 0.6) is 0 Å². The number of fused-ring (bicyclic) bond motifs is 3. The molecule has 4 aromatic rings. The second-order valence-electron chi connectivity index (χ2n) is 6.48. The zero-order valence-corrected chi connectivity index (χ0v) is 13.8. The SMILES string of the molecule is N#Cc1ncc(N[C@H]2CC[C@@H](c3nnc4cnc5[nH]ccc5n34)C2)cn1. The van der Waals surface area contributed by atoms with E-state index in [-0.39, 0.29) is 5.82 Å². The van der Waals surface area contributed by atoms with Crippen LogP contribution in [0, 0.1) is 11.3 Å². The van der Waals surface area contributed by atoms with Crippen molar-refractivity contribution in [2.24, 2.45) is 0 Å². The van der Waals surface area contributed by atoms with Gasteiger partial charge < -0.3 is 10.3 Å². The predicted molar refractivity (Wildman–Crippen MR) is 93.4 cm³/mol. The first-order chi connectivity index (χ1) is 12.8. The zero-order chi connectivity index (χ0) is 17.5. The van der Waals surface area contributed by atoms with Crippen molar-refractivity contribution in [3.8, 4) is 6.07 Å². The average Bonchev–Trinajstić information content (AvgIpc) is 3.40. The number of H-pyrrole nitrogens is 1. The quantitative estimate of drug-likeness (QED) is 0.582. The minimum atomic E-state index is 0.180. The fourth-order valence-electron chi connectivity index (χ4n) is 3.71. The molecule has 4 aromatic heterocycles. The highest BCUT2D eigenvalue weighted by Crippen LogP contribution is 2.35. The fourth-order valence-corrected chi connectivity index (χ4v) is 3.71. The average molecular weight is 345 g/mol. The summed E-state index contributed by atoms with van der Waals surface area (Å²) in [6.45, 7) is 0. The normalized spacial score (nSPS) is 19.8. The summed E-state index contributed by atoms with van der Waals surface area (Å²) in [4.78, 5) is 15.5. The summed E-state index contributed by atoms with van der Waals surface area (Å²) in [6.07, 6.45) is 9.94. The Morgan fingerprint density at radius 3 is 2.88 bits per heavy atom. The molecular weight excluding hydrogens is 330 g/mol. The van der Waals surface area contributed by atoms with Gasteiger partial charge in [-0.1, -0.05) is 0 Å². The molecule has 0 saturated heterocycles. The highest BCUT2D eigenvalue weighted by atomic mass is 15.3. The Bertz CT molecular complexity index is 1120. The van der Waals surface area contributed by atoms with Crippen LogP contribution in [-0.2, 0) is 0 Å². The van der Waals surface area contributed by atoms with Crippen molar-refractivity contribution in [3.05, 3.63) is 42.5 Å². The molecule has 1 aliphatic carbocycles. The van der Waals surface area contributed by atoms with E-state index in [0.29, 0.717) is 12.0 Å². The van der Waals surface area contributed by atoms with E-state index >= 15 is 0 Å². The van der Waals surface area contributed by atoms with Crippen molar-refractivity contribution in [2.75, 3.05) is 5.32 Å². The Labute approximate surface area is 148 Å². The van der Waals surface area contributed by atoms with Crippen LogP contribution in [0.2, 0.25) is 0 Å². The van der Waals surface area contributed by atoms with E-state index in [9.17, 15) is 0 Å². The molecule has 0 radical (unpaired) electrons. The van der Waals surface area contributed by atoms with Gasteiger partial charge in [0.15, 0.2) is 11.3 Å². The topological polar surface area (TPSA) is 120 Å². The summed E-state index contributed by atoms with van der Waals surface area (Å²) in [7, 11) is 0. The van der Waals surface area contributed by atoms with Gasteiger partial charge in [0.25, 0.3) is 0 Å². The molecule has 0 bridgehead atoms. The van der Waals surface area contributed by atoms with E-state index in [1.807, 2.05) is 18.3 Å². The third kappa shape index (κ3) is 2.35. The lowest BCUT2D eigenvalue weighted by Gasteiger charge is -2.13. The van der Waals surface area contributed by atoms with Gasteiger partial charge in [-0.15, -0.1) is 10.2 Å². The van der Waals surface area contributed by atoms with E-state index in [1.165, 1.54) is 0 Å². The van der Waals surface area contributed by atoms with E-state index in [2.05, 4.69) is 39.9 Å². The standard InChI is InChI=1S/C17H15N9/c18-6-14-20-7-12(8-21-14)23-11-2-1-10(5-11)17-25-24-15-9-22-16-13(26(15)17)3-4-19-16/h3-4,7-11,19,23H,1-2,5H2/t10-,11+/m1/s1. The number of hydrogen-bond donors (Lipinski definition) is 2. The zero-order valence-electron chi connectivity index (χ0n) is 13.8. The van der Waals surface area contributed by atoms with Crippen molar-refractivity contribution >= 4 is 22.5 Å². The number of nitrogens with one attached hydrogen (secondary N) is 2. The van der Waals surface area contributed by atoms with Crippen molar-refractivity contribution in [3.63, 3.8) is 0 Å². The molecule has 26 heavy (non-hydrogen) atoms. The van der Waals surface area contributed by atoms with Gasteiger partial charge in [0, 0.05) is 18.2 Å². The molecule has 1 saturated carbocycles.